The lowest BCUT2D eigenvalue weighted by atomic mass is 10.0. The molecule has 88 valence electrons. The molecule has 16 heavy (non-hydrogen) atoms. The molecule has 3 nitrogen and oxygen atoms in total. The van der Waals surface area contributed by atoms with Crippen LogP contribution < -0.4 is 5.32 Å². The Kier molecular flexibility index (Phi) is 4.35. The van der Waals surface area contributed by atoms with Crippen molar-refractivity contribution in [3.05, 3.63) is 29.3 Å². The molecule has 1 rings (SSSR count). The molecule has 0 radical (unpaired) electrons. The van der Waals surface area contributed by atoms with Gasteiger partial charge in [0.05, 0.1) is 5.56 Å². The van der Waals surface area contributed by atoms with Crippen LogP contribution >= 0.6 is 0 Å². The van der Waals surface area contributed by atoms with Crippen molar-refractivity contribution in [3.8, 4) is 0 Å². The Bertz CT molecular complexity index is 372. The van der Waals surface area contributed by atoms with Gasteiger partial charge in [-0.15, -0.1) is 0 Å². The smallest absolute Gasteiger partial charge is 0.255 e. The van der Waals surface area contributed by atoms with Gasteiger partial charge < -0.3 is 10.2 Å². The van der Waals surface area contributed by atoms with Crippen molar-refractivity contribution in [2.75, 3.05) is 26.5 Å². The number of carbonyl (C=O) groups is 1. The van der Waals surface area contributed by atoms with E-state index in [4.69, 9.17) is 0 Å². The Labute approximate surface area is 97.5 Å². The second kappa shape index (κ2) is 5.54. The van der Waals surface area contributed by atoms with Crippen molar-refractivity contribution in [1.29, 1.82) is 0 Å². The second-order valence-electron chi connectivity index (χ2n) is 4.08. The molecule has 0 aliphatic heterocycles. The molecule has 0 saturated heterocycles. The molecule has 0 unspecified atom stereocenters. The molecule has 0 saturated carbocycles. The van der Waals surface area contributed by atoms with E-state index >= 15 is 0 Å². The summed E-state index contributed by atoms with van der Waals surface area (Å²) in [5, 5.41) is 3.05. The quantitative estimate of drug-likeness (QED) is 0.845. The van der Waals surface area contributed by atoms with Gasteiger partial charge in [-0.1, -0.05) is 19.4 Å². The third-order valence-corrected chi connectivity index (χ3v) is 2.53. The molecule has 1 aromatic carbocycles. The monoisotopic (exact) mass is 220 g/mol. The highest BCUT2D eigenvalue weighted by molar-refractivity contribution is 5.99. The molecule has 0 atom stereocenters. The van der Waals surface area contributed by atoms with Crippen LogP contribution in [0.5, 0.6) is 0 Å². The molecule has 1 amide bonds. The molecule has 0 heterocycles. The maximum Gasteiger partial charge on any atom is 0.255 e. The average molecular weight is 220 g/mol. The molecule has 0 fully saturated rings. The fourth-order valence-corrected chi connectivity index (χ4v) is 1.67. The van der Waals surface area contributed by atoms with Crippen LogP contribution in [0.2, 0.25) is 0 Å². The van der Waals surface area contributed by atoms with Crippen molar-refractivity contribution < 1.29 is 4.79 Å². The zero-order valence-corrected chi connectivity index (χ0v) is 10.5. The van der Waals surface area contributed by atoms with Crippen molar-refractivity contribution in [1.82, 2.24) is 4.90 Å². The predicted molar refractivity (Wildman–Crippen MR) is 68.0 cm³/mol. The van der Waals surface area contributed by atoms with Crippen LogP contribution in [0.4, 0.5) is 5.69 Å². The van der Waals surface area contributed by atoms with Crippen LogP contribution in [0.15, 0.2) is 18.2 Å². The fraction of sp³-hybridized carbons (Fsp3) is 0.462. The molecule has 0 bridgehead atoms. The fourth-order valence-electron chi connectivity index (χ4n) is 1.67. The number of benzene rings is 1. The van der Waals surface area contributed by atoms with Gasteiger partial charge in [-0.25, -0.2) is 0 Å². The summed E-state index contributed by atoms with van der Waals surface area (Å²) in [5.41, 5.74) is 2.85. The number of carbonyl (C=O) groups excluding carboxylic acids is 1. The highest BCUT2D eigenvalue weighted by Crippen LogP contribution is 2.19. The number of nitrogens with one attached hydrogen (secondary N) is 1. The van der Waals surface area contributed by atoms with Crippen LogP contribution in [-0.4, -0.2) is 32.0 Å². The SMILES string of the molecule is CCCc1ccc(NC)c(C(=O)N(C)C)c1. The van der Waals surface area contributed by atoms with Gasteiger partial charge in [0.1, 0.15) is 0 Å². The van der Waals surface area contributed by atoms with Gasteiger partial charge in [0, 0.05) is 26.8 Å². The summed E-state index contributed by atoms with van der Waals surface area (Å²) in [6.45, 7) is 2.14. The number of aryl methyl sites for hydroxylation is 1. The van der Waals surface area contributed by atoms with Crippen molar-refractivity contribution in [2.45, 2.75) is 19.8 Å². The molecule has 0 aliphatic rings. The topological polar surface area (TPSA) is 32.3 Å². The van der Waals surface area contributed by atoms with Gasteiger partial charge in [0.15, 0.2) is 0 Å². The van der Waals surface area contributed by atoms with E-state index in [2.05, 4.69) is 18.3 Å². The lowest BCUT2D eigenvalue weighted by Gasteiger charge is -2.15. The Hall–Kier alpha value is -1.51. The van der Waals surface area contributed by atoms with Crippen LogP contribution in [-0.2, 0) is 6.42 Å². The minimum absolute atomic E-state index is 0.0438. The van der Waals surface area contributed by atoms with Crippen LogP contribution in [0.3, 0.4) is 0 Å². The minimum Gasteiger partial charge on any atom is -0.387 e. The van der Waals surface area contributed by atoms with Gasteiger partial charge in [-0.05, 0) is 24.1 Å². The highest BCUT2D eigenvalue weighted by Gasteiger charge is 2.13. The zero-order chi connectivity index (χ0) is 12.1. The number of rotatable bonds is 4. The summed E-state index contributed by atoms with van der Waals surface area (Å²) in [6.07, 6.45) is 2.10. The average Bonchev–Trinajstić information content (AvgIpc) is 2.28. The van der Waals surface area contributed by atoms with Crippen LogP contribution in [0.1, 0.15) is 29.3 Å². The summed E-state index contributed by atoms with van der Waals surface area (Å²) in [6, 6.07) is 6.03. The molecule has 0 spiro atoms. The number of anilines is 1. The summed E-state index contributed by atoms with van der Waals surface area (Å²) in [7, 11) is 5.38. The van der Waals surface area contributed by atoms with Gasteiger partial charge in [0.2, 0.25) is 0 Å². The molecular weight excluding hydrogens is 200 g/mol. The summed E-state index contributed by atoms with van der Waals surface area (Å²) in [5.74, 6) is 0.0438. The number of hydrogen-bond acceptors (Lipinski definition) is 2. The highest BCUT2D eigenvalue weighted by atomic mass is 16.2. The summed E-state index contributed by atoms with van der Waals surface area (Å²) >= 11 is 0. The van der Waals surface area contributed by atoms with Gasteiger partial charge in [-0.3, -0.25) is 4.79 Å². The largest absolute Gasteiger partial charge is 0.387 e. The zero-order valence-electron chi connectivity index (χ0n) is 10.5. The van der Waals surface area contributed by atoms with E-state index in [1.165, 1.54) is 5.56 Å². The van der Waals surface area contributed by atoms with Crippen LogP contribution in [0.25, 0.3) is 0 Å². The van der Waals surface area contributed by atoms with E-state index in [9.17, 15) is 4.79 Å². The third kappa shape index (κ3) is 2.75. The minimum atomic E-state index is 0.0438. The number of nitrogens with zero attached hydrogens (tertiary/aromatic N) is 1. The number of hydrogen-bond donors (Lipinski definition) is 1. The van der Waals surface area contributed by atoms with Crippen molar-refractivity contribution in [2.24, 2.45) is 0 Å². The maximum atomic E-state index is 12.0. The van der Waals surface area contributed by atoms with E-state index < -0.39 is 0 Å². The Morgan fingerprint density at radius 1 is 1.38 bits per heavy atom. The lowest BCUT2D eigenvalue weighted by Crippen LogP contribution is -2.22. The lowest BCUT2D eigenvalue weighted by molar-refractivity contribution is 0.0828. The maximum absolute atomic E-state index is 12.0. The van der Waals surface area contributed by atoms with E-state index in [1.807, 2.05) is 19.2 Å². The molecule has 3 heteroatoms. The summed E-state index contributed by atoms with van der Waals surface area (Å²) < 4.78 is 0. The van der Waals surface area contributed by atoms with Gasteiger partial charge >= 0.3 is 0 Å². The van der Waals surface area contributed by atoms with Crippen LogP contribution in [0, 0.1) is 0 Å². The first-order valence-corrected chi connectivity index (χ1v) is 5.62. The van der Waals surface area contributed by atoms with E-state index in [0.29, 0.717) is 0 Å². The van der Waals surface area contributed by atoms with Crippen molar-refractivity contribution in [3.63, 3.8) is 0 Å². The standard InChI is InChI=1S/C13H20N2O/c1-5-6-10-7-8-12(14-2)11(9-10)13(16)15(3)4/h7-9,14H,5-6H2,1-4H3. The first-order chi connectivity index (χ1) is 7.60. The Balaban J connectivity index is 3.11. The third-order valence-electron chi connectivity index (χ3n) is 2.53. The Morgan fingerprint density at radius 3 is 2.56 bits per heavy atom. The van der Waals surface area contributed by atoms with E-state index in [-0.39, 0.29) is 5.91 Å². The Morgan fingerprint density at radius 2 is 2.06 bits per heavy atom. The van der Waals surface area contributed by atoms with Gasteiger partial charge in [0.25, 0.3) is 5.91 Å². The molecule has 1 N–H and O–H groups in total. The second-order valence-corrected chi connectivity index (χ2v) is 4.08. The first-order valence-electron chi connectivity index (χ1n) is 5.62. The van der Waals surface area contributed by atoms with Gasteiger partial charge in [-0.2, -0.15) is 0 Å². The van der Waals surface area contributed by atoms with E-state index in [0.717, 1.165) is 24.1 Å². The molecule has 0 aromatic heterocycles. The number of amides is 1. The van der Waals surface area contributed by atoms with E-state index in [1.54, 1.807) is 19.0 Å². The molecule has 1 aromatic rings. The normalized spacial score (nSPS) is 10.0. The first kappa shape index (κ1) is 12.6. The molecule has 0 aliphatic carbocycles. The molecular formula is C13H20N2O. The summed E-state index contributed by atoms with van der Waals surface area (Å²) in [4.78, 5) is 13.6. The predicted octanol–water partition coefficient (Wildman–Crippen LogP) is 2.38. The van der Waals surface area contributed by atoms with Crippen molar-refractivity contribution >= 4 is 11.6 Å².